The van der Waals surface area contributed by atoms with Crippen LogP contribution in [0.5, 0.6) is 0 Å². The third-order valence-corrected chi connectivity index (χ3v) is 4.03. The summed E-state index contributed by atoms with van der Waals surface area (Å²) in [5.74, 6) is 1.39. The quantitative estimate of drug-likeness (QED) is 0.876. The van der Waals surface area contributed by atoms with E-state index in [1.807, 2.05) is 19.9 Å². The summed E-state index contributed by atoms with van der Waals surface area (Å²) in [5.41, 5.74) is 0.738. The van der Waals surface area contributed by atoms with Crippen molar-refractivity contribution in [3.05, 3.63) is 17.5 Å². The molecule has 0 unspecified atom stereocenters. The van der Waals surface area contributed by atoms with Gasteiger partial charge in [0.05, 0.1) is 12.6 Å². The fourth-order valence-corrected chi connectivity index (χ4v) is 2.87. The molecular weight excluding hydrogens is 268 g/mol. The second-order valence-corrected chi connectivity index (χ2v) is 6.07. The van der Waals surface area contributed by atoms with Gasteiger partial charge in [0.2, 0.25) is 5.91 Å². The van der Waals surface area contributed by atoms with Crippen molar-refractivity contribution < 1.29 is 14.1 Å². The Morgan fingerprint density at radius 3 is 3.00 bits per heavy atom. The van der Waals surface area contributed by atoms with Gasteiger partial charge in [0.25, 0.3) is 0 Å². The van der Waals surface area contributed by atoms with Crippen LogP contribution in [0, 0.1) is 12.8 Å². The second kappa shape index (κ2) is 7.59. The smallest absolute Gasteiger partial charge is 0.249 e. The molecule has 21 heavy (non-hydrogen) atoms. The first kappa shape index (κ1) is 16.0. The van der Waals surface area contributed by atoms with E-state index < -0.39 is 0 Å². The van der Waals surface area contributed by atoms with Crippen LogP contribution in [0.1, 0.15) is 57.4 Å². The highest BCUT2D eigenvalue weighted by molar-refractivity contribution is 5.80. The maximum atomic E-state index is 12.2. The topological polar surface area (TPSA) is 64.4 Å². The van der Waals surface area contributed by atoms with Crippen molar-refractivity contribution in [1.29, 1.82) is 0 Å². The standard InChI is InChI=1S/C16H26N2O3/c1-4-15(20-14-7-5-6-11(2)8-14)16(19)17-10-13-9-12(3)21-18-13/h9,11,14-15H,4-8,10H2,1-3H3,(H,17,19)/t11-,14+,15+/m1/s1. The highest BCUT2D eigenvalue weighted by Gasteiger charge is 2.25. The van der Waals surface area contributed by atoms with Gasteiger partial charge in [-0.3, -0.25) is 4.79 Å². The van der Waals surface area contributed by atoms with E-state index in [9.17, 15) is 4.79 Å². The molecule has 2 rings (SSSR count). The Morgan fingerprint density at radius 2 is 2.38 bits per heavy atom. The molecule has 1 aliphatic carbocycles. The number of carbonyl (C=O) groups is 1. The van der Waals surface area contributed by atoms with E-state index in [1.54, 1.807) is 0 Å². The molecule has 1 saturated carbocycles. The molecule has 1 N–H and O–H groups in total. The maximum Gasteiger partial charge on any atom is 0.249 e. The Bertz CT molecular complexity index is 458. The van der Waals surface area contributed by atoms with Gasteiger partial charge in [-0.25, -0.2) is 0 Å². The van der Waals surface area contributed by atoms with Gasteiger partial charge in [-0.1, -0.05) is 31.8 Å². The normalized spacial score (nSPS) is 23.8. The Labute approximate surface area is 126 Å². The lowest BCUT2D eigenvalue weighted by molar-refractivity contribution is -0.139. The van der Waals surface area contributed by atoms with Crippen molar-refractivity contribution in [3.8, 4) is 0 Å². The van der Waals surface area contributed by atoms with Crippen LogP contribution >= 0.6 is 0 Å². The molecule has 1 fully saturated rings. The lowest BCUT2D eigenvalue weighted by Gasteiger charge is -2.29. The number of hydrogen-bond donors (Lipinski definition) is 1. The minimum Gasteiger partial charge on any atom is -0.365 e. The van der Waals surface area contributed by atoms with Crippen LogP contribution in [0.25, 0.3) is 0 Å². The summed E-state index contributed by atoms with van der Waals surface area (Å²) in [4.78, 5) is 12.2. The summed E-state index contributed by atoms with van der Waals surface area (Å²) in [6, 6.07) is 1.82. The fraction of sp³-hybridized carbons (Fsp3) is 0.750. The Kier molecular flexibility index (Phi) is 5.79. The first-order chi connectivity index (χ1) is 10.1. The average molecular weight is 294 g/mol. The van der Waals surface area contributed by atoms with Crippen molar-refractivity contribution in [2.75, 3.05) is 0 Å². The van der Waals surface area contributed by atoms with Gasteiger partial charge in [0, 0.05) is 6.07 Å². The molecule has 1 heterocycles. The fourth-order valence-electron chi connectivity index (χ4n) is 2.87. The third-order valence-electron chi connectivity index (χ3n) is 4.03. The number of amides is 1. The first-order valence-corrected chi connectivity index (χ1v) is 7.93. The molecule has 3 atom stereocenters. The highest BCUT2D eigenvalue weighted by atomic mass is 16.5. The predicted octanol–water partition coefficient (Wildman–Crippen LogP) is 2.97. The molecule has 0 aromatic carbocycles. The van der Waals surface area contributed by atoms with Gasteiger partial charge < -0.3 is 14.6 Å². The van der Waals surface area contributed by atoms with Gasteiger partial charge in [-0.15, -0.1) is 0 Å². The molecule has 0 bridgehead atoms. The van der Waals surface area contributed by atoms with Crippen LogP contribution in [0.3, 0.4) is 0 Å². The lowest BCUT2D eigenvalue weighted by atomic mass is 9.88. The zero-order valence-corrected chi connectivity index (χ0v) is 13.2. The Morgan fingerprint density at radius 1 is 1.57 bits per heavy atom. The summed E-state index contributed by atoms with van der Waals surface area (Å²) in [7, 11) is 0. The number of aromatic nitrogens is 1. The van der Waals surface area contributed by atoms with Crippen molar-refractivity contribution in [2.45, 2.75) is 71.6 Å². The molecule has 0 spiro atoms. The summed E-state index contributed by atoms with van der Waals surface area (Å²) < 4.78 is 11.0. The zero-order valence-electron chi connectivity index (χ0n) is 13.2. The molecule has 0 radical (unpaired) electrons. The van der Waals surface area contributed by atoms with Gasteiger partial charge in [-0.2, -0.15) is 0 Å². The zero-order chi connectivity index (χ0) is 15.2. The number of nitrogens with zero attached hydrogens (tertiary/aromatic N) is 1. The lowest BCUT2D eigenvalue weighted by Crippen LogP contribution is -2.39. The van der Waals surface area contributed by atoms with E-state index in [-0.39, 0.29) is 18.1 Å². The van der Waals surface area contributed by atoms with E-state index in [0.29, 0.717) is 18.9 Å². The van der Waals surface area contributed by atoms with Gasteiger partial charge in [0.15, 0.2) is 0 Å². The van der Waals surface area contributed by atoms with E-state index in [2.05, 4.69) is 17.4 Å². The molecule has 1 amide bonds. The Balaban J connectivity index is 1.80. The number of rotatable bonds is 6. The average Bonchev–Trinajstić information content (AvgIpc) is 2.88. The highest BCUT2D eigenvalue weighted by Crippen LogP contribution is 2.26. The van der Waals surface area contributed by atoms with Crippen LogP contribution in [-0.2, 0) is 16.1 Å². The van der Waals surface area contributed by atoms with Crippen LogP contribution in [0.2, 0.25) is 0 Å². The van der Waals surface area contributed by atoms with Crippen molar-refractivity contribution in [1.82, 2.24) is 10.5 Å². The number of nitrogens with one attached hydrogen (secondary N) is 1. The molecule has 1 aromatic heterocycles. The van der Waals surface area contributed by atoms with Crippen LogP contribution < -0.4 is 5.32 Å². The first-order valence-electron chi connectivity index (χ1n) is 7.93. The minimum absolute atomic E-state index is 0.0589. The number of ether oxygens (including phenoxy) is 1. The Hall–Kier alpha value is -1.36. The summed E-state index contributed by atoms with van der Waals surface area (Å²) >= 11 is 0. The molecular formula is C16H26N2O3. The SMILES string of the molecule is CC[C@H](O[C@H]1CCC[C@@H](C)C1)C(=O)NCc1cc(C)on1. The van der Waals surface area contributed by atoms with E-state index in [1.165, 1.54) is 12.8 Å². The van der Waals surface area contributed by atoms with Crippen molar-refractivity contribution in [2.24, 2.45) is 5.92 Å². The maximum absolute atomic E-state index is 12.2. The van der Waals surface area contributed by atoms with Crippen LogP contribution in [0.15, 0.2) is 10.6 Å². The largest absolute Gasteiger partial charge is 0.365 e. The number of aryl methyl sites for hydroxylation is 1. The summed E-state index contributed by atoms with van der Waals surface area (Å²) in [6.07, 6.45) is 5.14. The molecule has 118 valence electrons. The summed E-state index contributed by atoms with van der Waals surface area (Å²) in [6.45, 7) is 6.46. The third kappa shape index (κ3) is 4.84. The molecule has 1 aromatic rings. The van der Waals surface area contributed by atoms with Gasteiger partial charge in [-0.05, 0) is 32.1 Å². The molecule has 0 saturated heterocycles. The van der Waals surface area contributed by atoms with E-state index >= 15 is 0 Å². The predicted molar refractivity (Wildman–Crippen MR) is 79.7 cm³/mol. The van der Waals surface area contributed by atoms with E-state index in [0.717, 1.165) is 24.3 Å². The molecule has 1 aliphatic rings. The van der Waals surface area contributed by atoms with Crippen LogP contribution in [0.4, 0.5) is 0 Å². The van der Waals surface area contributed by atoms with Crippen molar-refractivity contribution in [3.63, 3.8) is 0 Å². The van der Waals surface area contributed by atoms with Gasteiger partial charge in [0.1, 0.15) is 17.6 Å². The van der Waals surface area contributed by atoms with Crippen LogP contribution in [-0.4, -0.2) is 23.3 Å². The number of carbonyl (C=O) groups excluding carboxylic acids is 1. The van der Waals surface area contributed by atoms with E-state index in [4.69, 9.17) is 9.26 Å². The number of hydrogen-bond acceptors (Lipinski definition) is 4. The monoisotopic (exact) mass is 294 g/mol. The second-order valence-electron chi connectivity index (χ2n) is 6.07. The van der Waals surface area contributed by atoms with Gasteiger partial charge >= 0.3 is 0 Å². The molecule has 5 nitrogen and oxygen atoms in total. The minimum atomic E-state index is -0.367. The molecule has 5 heteroatoms. The van der Waals surface area contributed by atoms with Crippen molar-refractivity contribution >= 4 is 5.91 Å². The summed E-state index contributed by atoms with van der Waals surface area (Å²) in [5, 5.41) is 6.75. The molecule has 0 aliphatic heterocycles.